The summed E-state index contributed by atoms with van der Waals surface area (Å²) in [5.74, 6) is 1.07. The molecule has 0 aliphatic carbocycles. The molecular formula is C15H19N5O2S. The van der Waals surface area contributed by atoms with Gasteiger partial charge < -0.3 is 19.9 Å². The number of amides is 1. The predicted octanol–water partition coefficient (Wildman–Crippen LogP) is 0.328. The van der Waals surface area contributed by atoms with E-state index in [1.165, 1.54) is 0 Å². The summed E-state index contributed by atoms with van der Waals surface area (Å²) < 4.78 is 5.57. The van der Waals surface area contributed by atoms with Crippen molar-refractivity contribution < 1.29 is 9.53 Å². The van der Waals surface area contributed by atoms with Crippen molar-refractivity contribution in [2.45, 2.75) is 6.10 Å². The fourth-order valence-electron chi connectivity index (χ4n) is 3.10. The first kappa shape index (κ1) is 14.8. The molecule has 0 radical (unpaired) electrons. The highest BCUT2D eigenvalue weighted by molar-refractivity contribution is 7.16. The van der Waals surface area contributed by atoms with Gasteiger partial charge in [-0.15, -0.1) is 11.3 Å². The molecule has 2 fully saturated rings. The Morgan fingerprint density at radius 1 is 1.30 bits per heavy atom. The first-order chi connectivity index (χ1) is 11.3. The lowest BCUT2D eigenvalue weighted by molar-refractivity contribution is -0.145. The maximum absolute atomic E-state index is 12.5. The third kappa shape index (κ3) is 2.89. The van der Waals surface area contributed by atoms with E-state index in [-0.39, 0.29) is 12.0 Å². The van der Waals surface area contributed by atoms with E-state index in [2.05, 4.69) is 26.3 Å². The van der Waals surface area contributed by atoms with E-state index >= 15 is 0 Å². The van der Waals surface area contributed by atoms with Crippen LogP contribution in [-0.4, -0.2) is 72.8 Å². The molecule has 4 heterocycles. The Bertz CT molecular complexity index is 692. The van der Waals surface area contributed by atoms with Crippen molar-refractivity contribution in [3.8, 4) is 0 Å². The molecule has 7 nitrogen and oxygen atoms in total. The number of nitrogens with one attached hydrogen (secondary N) is 1. The lowest BCUT2D eigenvalue weighted by Gasteiger charge is -2.37. The minimum absolute atomic E-state index is 0.0974. The van der Waals surface area contributed by atoms with E-state index in [0.29, 0.717) is 26.2 Å². The Morgan fingerprint density at radius 3 is 2.96 bits per heavy atom. The van der Waals surface area contributed by atoms with Gasteiger partial charge in [-0.05, 0) is 11.4 Å². The van der Waals surface area contributed by atoms with Gasteiger partial charge >= 0.3 is 0 Å². The molecule has 23 heavy (non-hydrogen) atoms. The first-order valence-corrected chi connectivity index (χ1v) is 8.75. The zero-order valence-corrected chi connectivity index (χ0v) is 13.6. The lowest BCUT2D eigenvalue weighted by atomic mass is 10.2. The molecule has 2 aromatic heterocycles. The minimum atomic E-state index is -0.335. The standard InChI is InChI=1S/C15H19N5O2S/c21-15(12-9-16-2-7-22-12)20-5-3-19(4-6-20)13-11-1-8-23-14(11)18-10-17-13/h1,8,10,12,16H,2-7,9H2. The number of ether oxygens (including phenoxy) is 1. The number of fused-ring (bicyclic) bond motifs is 1. The van der Waals surface area contributed by atoms with E-state index in [1.54, 1.807) is 17.7 Å². The van der Waals surface area contributed by atoms with Crippen molar-refractivity contribution in [1.82, 2.24) is 20.2 Å². The largest absolute Gasteiger partial charge is 0.366 e. The number of piperazine rings is 1. The fraction of sp³-hybridized carbons (Fsp3) is 0.533. The van der Waals surface area contributed by atoms with Crippen LogP contribution in [0.5, 0.6) is 0 Å². The molecule has 2 aromatic rings. The molecule has 2 saturated heterocycles. The third-order valence-corrected chi connectivity index (χ3v) is 5.16. The Balaban J connectivity index is 1.42. The Hall–Kier alpha value is -1.77. The number of thiophene rings is 1. The number of hydrogen-bond acceptors (Lipinski definition) is 7. The molecule has 2 aliphatic heterocycles. The first-order valence-electron chi connectivity index (χ1n) is 7.87. The smallest absolute Gasteiger partial charge is 0.253 e. The van der Waals surface area contributed by atoms with Crippen LogP contribution < -0.4 is 10.2 Å². The third-order valence-electron chi connectivity index (χ3n) is 4.33. The average molecular weight is 333 g/mol. The zero-order valence-electron chi connectivity index (χ0n) is 12.8. The normalized spacial score (nSPS) is 22.5. The van der Waals surface area contributed by atoms with E-state index in [1.807, 2.05) is 10.3 Å². The van der Waals surface area contributed by atoms with Crippen molar-refractivity contribution in [3.05, 3.63) is 17.8 Å². The molecule has 0 bridgehead atoms. The number of carbonyl (C=O) groups is 1. The molecule has 4 rings (SSSR count). The maximum Gasteiger partial charge on any atom is 0.253 e. The number of hydrogen-bond donors (Lipinski definition) is 1. The topological polar surface area (TPSA) is 70.6 Å². The Morgan fingerprint density at radius 2 is 2.17 bits per heavy atom. The number of nitrogens with zero attached hydrogens (tertiary/aromatic N) is 4. The Labute approximate surface area is 138 Å². The van der Waals surface area contributed by atoms with E-state index in [4.69, 9.17) is 4.74 Å². The Kier molecular flexibility index (Phi) is 4.11. The van der Waals surface area contributed by atoms with Crippen LogP contribution in [-0.2, 0) is 9.53 Å². The molecule has 8 heteroatoms. The van der Waals surface area contributed by atoms with Crippen LogP contribution in [0.4, 0.5) is 5.82 Å². The van der Waals surface area contributed by atoms with E-state index < -0.39 is 0 Å². The van der Waals surface area contributed by atoms with Crippen molar-refractivity contribution in [2.24, 2.45) is 0 Å². The molecule has 2 aliphatic rings. The number of carbonyl (C=O) groups excluding carboxylic acids is 1. The monoisotopic (exact) mass is 333 g/mol. The molecule has 0 aromatic carbocycles. The van der Waals surface area contributed by atoms with Crippen LogP contribution in [0.2, 0.25) is 0 Å². The van der Waals surface area contributed by atoms with Gasteiger partial charge in [0.2, 0.25) is 0 Å². The van der Waals surface area contributed by atoms with Crippen LogP contribution in [0, 0.1) is 0 Å². The van der Waals surface area contributed by atoms with Gasteiger partial charge in [-0.1, -0.05) is 0 Å². The molecule has 1 atom stereocenters. The van der Waals surface area contributed by atoms with Crippen molar-refractivity contribution >= 4 is 33.3 Å². The second-order valence-electron chi connectivity index (χ2n) is 5.71. The molecular weight excluding hydrogens is 314 g/mol. The molecule has 0 spiro atoms. The van der Waals surface area contributed by atoms with E-state index in [0.717, 1.165) is 35.7 Å². The van der Waals surface area contributed by atoms with Gasteiger partial charge in [0.25, 0.3) is 5.91 Å². The number of rotatable bonds is 2. The molecule has 1 unspecified atom stereocenters. The summed E-state index contributed by atoms with van der Waals surface area (Å²) in [7, 11) is 0. The average Bonchev–Trinajstić information content (AvgIpc) is 3.11. The summed E-state index contributed by atoms with van der Waals surface area (Å²) >= 11 is 1.62. The SMILES string of the molecule is O=C(C1CNCCO1)N1CCN(c2ncnc3sccc23)CC1. The van der Waals surface area contributed by atoms with E-state index in [9.17, 15) is 4.79 Å². The highest BCUT2D eigenvalue weighted by atomic mass is 32.1. The predicted molar refractivity (Wildman–Crippen MR) is 88.8 cm³/mol. The lowest BCUT2D eigenvalue weighted by Crippen LogP contribution is -2.55. The minimum Gasteiger partial charge on any atom is -0.366 e. The maximum atomic E-state index is 12.5. The second-order valence-corrected chi connectivity index (χ2v) is 6.61. The van der Waals surface area contributed by atoms with Crippen LogP contribution in [0.15, 0.2) is 17.8 Å². The van der Waals surface area contributed by atoms with Gasteiger partial charge in [-0.3, -0.25) is 4.79 Å². The summed E-state index contributed by atoms with van der Waals surface area (Å²) in [4.78, 5) is 26.4. The highest BCUT2D eigenvalue weighted by Crippen LogP contribution is 2.27. The van der Waals surface area contributed by atoms with Crippen LogP contribution in [0.25, 0.3) is 10.2 Å². The van der Waals surface area contributed by atoms with Gasteiger partial charge in [-0.2, -0.15) is 0 Å². The molecule has 0 saturated carbocycles. The summed E-state index contributed by atoms with van der Waals surface area (Å²) in [6, 6.07) is 2.06. The van der Waals surface area contributed by atoms with Crippen molar-refractivity contribution in [3.63, 3.8) is 0 Å². The number of morpholine rings is 1. The second kappa shape index (κ2) is 6.38. The number of anilines is 1. The summed E-state index contributed by atoms with van der Waals surface area (Å²) in [6.45, 7) is 5.01. The van der Waals surface area contributed by atoms with Gasteiger partial charge in [0.15, 0.2) is 0 Å². The van der Waals surface area contributed by atoms with Crippen molar-refractivity contribution in [1.29, 1.82) is 0 Å². The molecule has 122 valence electrons. The summed E-state index contributed by atoms with van der Waals surface area (Å²) in [6.07, 6.45) is 1.28. The zero-order chi connectivity index (χ0) is 15.6. The van der Waals surface area contributed by atoms with Gasteiger partial charge in [0, 0.05) is 39.3 Å². The molecule has 1 amide bonds. The van der Waals surface area contributed by atoms with Gasteiger partial charge in [0.05, 0.1) is 12.0 Å². The van der Waals surface area contributed by atoms with Crippen LogP contribution in [0.3, 0.4) is 0 Å². The van der Waals surface area contributed by atoms with Crippen molar-refractivity contribution in [2.75, 3.05) is 50.8 Å². The van der Waals surface area contributed by atoms with Crippen LogP contribution >= 0.6 is 11.3 Å². The number of aromatic nitrogens is 2. The quantitative estimate of drug-likeness (QED) is 0.854. The fourth-order valence-corrected chi connectivity index (χ4v) is 3.82. The van der Waals surface area contributed by atoms with Gasteiger partial charge in [0.1, 0.15) is 23.1 Å². The summed E-state index contributed by atoms with van der Waals surface area (Å²) in [5.41, 5.74) is 0. The highest BCUT2D eigenvalue weighted by Gasteiger charge is 2.29. The summed E-state index contributed by atoms with van der Waals surface area (Å²) in [5, 5.41) is 6.34. The van der Waals surface area contributed by atoms with Gasteiger partial charge in [-0.25, -0.2) is 9.97 Å². The van der Waals surface area contributed by atoms with Crippen LogP contribution in [0.1, 0.15) is 0 Å². The molecule has 1 N–H and O–H groups in total.